The lowest BCUT2D eigenvalue weighted by atomic mass is 10.2. The van der Waals surface area contributed by atoms with E-state index in [2.05, 4.69) is 45.1 Å². The summed E-state index contributed by atoms with van der Waals surface area (Å²) in [7, 11) is 3.44. The van der Waals surface area contributed by atoms with E-state index in [1.165, 1.54) is 0 Å². The highest BCUT2D eigenvalue weighted by atomic mass is 127. The van der Waals surface area contributed by atoms with Crippen molar-refractivity contribution in [1.29, 1.82) is 0 Å². The lowest BCUT2D eigenvalue weighted by molar-refractivity contribution is 0.414. The van der Waals surface area contributed by atoms with Gasteiger partial charge >= 0.3 is 0 Å². The molecule has 0 amide bonds. The molecule has 0 radical (unpaired) electrons. The first-order valence-corrected chi connectivity index (χ1v) is 8.19. The van der Waals surface area contributed by atoms with Crippen molar-refractivity contribution in [2.75, 3.05) is 14.2 Å². The highest BCUT2D eigenvalue weighted by Crippen LogP contribution is 2.12. The Morgan fingerprint density at radius 2 is 2.04 bits per heavy atom. The Balaban J connectivity index is 0.00000312. The van der Waals surface area contributed by atoms with E-state index in [9.17, 15) is 0 Å². The Morgan fingerprint density at radius 1 is 1.28 bits per heavy atom. The molecule has 138 valence electrons. The molecule has 0 aliphatic carbocycles. The Bertz CT molecular complexity index is 669. The molecule has 0 aliphatic heterocycles. The number of aromatic nitrogens is 2. The number of benzene rings is 1. The molecule has 0 fully saturated rings. The molecule has 0 bridgehead atoms. The molecule has 7 heteroatoms. The van der Waals surface area contributed by atoms with Crippen LogP contribution in [0.4, 0.5) is 0 Å². The second-order valence-corrected chi connectivity index (χ2v) is 6.02. The summed E-state index contributed by atoms with van der Waals surface area (Å²) in [5.41, 5.74) is 1.14. The van der Waals surface area contributed by atoms with E-state index in [0.717, 1.165) is 29.6 Å². The van der Waals surface area contributed by atoms with Crippen LogP contribution in [0, 0.1) is 5.92 Å². The van der Waals surface area contributed by atoms with Crippen LogP contribution in [-0.2, 0) is 19.6 Å². The summed E-state index contributed by atoms with van der Waals surface area (Å²) in [6.45, 7) is 6.68. The lowest BCUT2D eigenvalue weighted by Gasteiger charge is -2.14. The number of rotatable bonds is 7. The molecular formula is C18H28IN5O. The van der Waals surface area contributed by atoms with E-state index >= 15 is 0 Å². The van der Waals surface area contributed by atoms with E-state index in [1.807, 2.05) is 30.6 Å². The van der Waals surface area contributed by atoms with Crippen LogP contribution in [0.2, 0.25) is 0 Å². The molecule has 1 heterocycles. The molecule has 1 aromatic carbocycles. The van der Waals surface area contributed by atoms with Crippen LogP contribution in [-0.4, -0.2) is 29.7 Å². The molecule has 6 nitrogen and oxygen atoms in total. The molecule has 2 rings (SSSR count). The predicted octanol–water partition coefficient (Wildman–Crippen LogP) is 3.03. The number of methoxy groups -OCH3 is 1. The van der Waals surface area contributed by atoms with Crippen molar-refractivity contribution in [3.8, 4) is 5.75 Å². The van der Waals surface area contributed by atoms with Crippen LogP contribution in [0.15, 0.2) is 41.7 Å². The molecule has 2 aromatic rings. The van der Waals surface area contributed by atoms with Crippen molar-refractivity contribution >= 4 is 29.9 Å². The van der Waals surface area contributed by atoms with E-state index in [0.29, 0.717) is 19.0 Å². The predicted molar refractivity (Wildman–Crippen MR) is 113 cm³/mol. The van der Waals surface area contributed by atoms with Gasteiger partial charge in [-0.1, -0.05) is 26.0 Å². The van der Waals surface area contributed by atoms with Crippen molar-refractivity contribution in [3.05, 3.63) is 48.0 Å². The van der Waals surface area contributed by atoms with Crippen LogP contribution in [0.3, 0.4) is 0 Å². The van der Waals surface area contributed by atoms with Gasteiger partial charge in [0.1, 0.15) is 11.6 Å². The molecule has 1 aromatic heterocycles. The summed E-state index contributed by atoms with van der Waals surface area (Å²) in [5.74, 6) is 3.20. The summed E-state index contributed by atoms with van der Waals surface area (Å²) < 4.78 is 7.42. The fraction of sp³-hybridized carbons (Fsp3) is 0.444. The fourth-order valence-electron chi connectivity index (χ4n) is 2.42. The minimum atomic E-state index is 0. The number of aliphatic imine (C=N–C) groups is 1. The average molecular weight is 457 g/mol. The average Bonchev–Trinajstić information content (AvgIpc) is 3.01. The summed E-state index contributed by atoms with van der Waals surface area (Å²) in [6, 6.07) is 7.98. The highest BCUT2D eigenvalue weighted by Gasteiger charge is 2.06. The van der Waals surface area contributed by atoms with Gasteiger partial charge in [0, 0.05) is 32.5 Å². The first-order chi connectivity index (χ1) is 11.6. The van der Waals surface area contributed by atoms with Gasteiger partial charge in [-0.2, -0.15) is 0 Å². The zero-order valence-electron chi connectivity index (χ0n) is 15.3. The molecule has 0 aliphatic rings. The Labute approximate surface area is 167 Å². The zero-order valence-corrected chi connectivity index (χ0v) is 17.7. The van der Waals surface area contributed by atoms with Crippen LogP contribution in [0.5, 0.6) is 5.75 Å². The number of guanidine groups is 1. The standard InChI is InChI=1S/C18H27N5O.HI/c1-14(2)13-23-9-8-20-17(23)12-22-18(19-3)21-11-15-6-5-7-16(10-15)24-4;/h5-10,14H,11-13H2,1-4H3,(H2,19,21,22);1H. The van der Waals surface area contributed by atoms with Crippen molar-refractivity contribution < 1.29 is 4.74 Å². The van der Waals surface area contributed by atoms with Gasteiger partial charge in [0.15, 0.2) is 5.96 Å². The molecule has 2 N–H and O–H groups in total. The number of hydrogen-bond acceptors (Lipinski definition) is 3. The summed E-state index contributed by atoms with van der Waals surface area (Å²) >= 11 is 0. The summed E-state index contributed by atoms with van der Waals surface area (Å²) in [6.07, 6.45) is 3.86. The molecule has 25 heavy (non-hydrogen) atoms. The monoisotopic (exact) mass is 457 g/mol. The Hall–Kier alpha value is -1.77. The number of nitrogens with zero attached hydrogens (tertiary/aromatic N) is 3. The maximum absolute atomic E-state index is 5.24. The van der Waals surface area contributed by atoms with Crippen molar-refractivity contribution in [2.45, 2.75) is 33.5 Å². The maximum Gasteiger partial charge on any atom is 0.191 e. The second-order valence-electron chi connectivity index (χ2n) is 6.02. The van der Waals surface area contributed by atoms with Crippen LogP contribution >= 0.6 is 24.0 Å². The van der Waals surface area contributed by atoms with Gasteiger partial charge in [-0.25, -0.2) is 4.98 Å². The van der Waals surface area contributed by atoms with Gasteiger partial charge in [0.2, 0.25) is 0 Å². The summed E-state index contributed by atoms with van der Waals surface area (Å²) in [4.78, 5) is 8.68. The molecule has 0 spiro atoms. The molecule has 0 saturated heterocycles. The highest BCUT2D eigenvalue weighted by molar-refractivity contribution is 14.0. The van der Waals surface area contributed by atoms with Crippen LogP contribution < -0.4 is 15.4 Å². The second kappa shape index (κ2) is 11.0. The fourth-order valence-corrected chi connectivity index (χ4v) is 2.42. The Kier molecular flexibility index (Phi) is 9.33. The number of nitrogens with one attached hydrogen (secondary N) is 2. The van der Waals surface area contributed by atoms with E-state index in [4.69, 9.17) is 4.74 Å². The maximum atomic E-state index is 5.24. The number of imidazole rings is 1. The van der Waals surface area contributed by atoms with Gasteiger partial charge in [0.05, 0.1) is 13.7 Å². The molecular weight excluding hydrogens is 429 g/mol. The normalized spacial score (nSPS) is 11.2. The third-order valence-electron chi connectivity index (χ3n) is 3.60. The topological polar surface area (TPSA) is 63.5 Å². The van der Waals surface area contributed by atoms with Crippen molar-refractivity contribution in [2.24, 2.45) is 10.9 Å². The third-order valence-corrected chi connectivity index (χ3v) is 3.60. The van der Waals surface area contributed by atoms with Crippen molar-refractivity contribution in [1.82, 2.24) is 20.2 Å². The molecule has 0 saturated carbocycles. The van der Waals surface area contributed by atoms with Gasteiger partial charge in [-0.15, -0.1) is 24.0 Å². The Morgan fingerprint density at radius 3 is 2.72 bits per heavy atom. The van der Waals surface area contributed by atoms with Crippen LogP contribution in [0.1, 0.15) is 25.2 Å². The molecule has 0 atom stereocenters. The van der Waals surface area contributed by atoms with Gasteiger partial charge < -0.3 is 19.9 Å². The quantitative estimate of drug-likeness (QED) is 0.381. The zero-order chi connectivity index (χ0) is 17.4. The number of ether oxygens (including phenoxy) is 1. The summed E-state index contributed by atoms with van der Waals surface area (Å²) in [5, 5.41) is 6.61. The van der Waals surface area contributed by atoms with E-state index < -0.39 is 0 Å². The largest absolute Gasteiger partial charge is 0.497 e. The smallest absolute Gasteiger partial charge is 0.191 e. The minimum Gasteiger partial charge on any atom is -0.497 e. The van der Waals surface area contributed by atoms with E-state index in [1.54, 1.807) is 14.2 Å². The lowest BCUT2D eigenvalue weighted by Crippen LogP contribution is -2.37. The van der Waals surface area contributed by atoms with Gasteiger partial charge in [-0.3, -0.25) is 4.99 Å². The number of halogens is 1. The first-order valence-electron chi connectivity index (χ1n) is 8.19. The third kappa shape index (κ3) is 6.93. The van der Waals surface area contributed by atoms with E-state index in [-0.39, 0.29) is 24.0 Å². The van der Waals surface area contributed by atoms with Crippen LogP contribution in [0.25, 0.3) is 0 Å². The SMILES string of the molecule is CN=C(NCc1cccc(OC)c1)NCc1nccn1CC(C)C.I. The molecule has 0 unspecified atom stereocenters. The van der Waals surface area contributed by atoms with Gasteiger partial charge in [-0.05, 0) is 23.6 Å². The number of hydrogen-bond donors (Lipinski definition) is 2. The first kappa shape index (κ1) is 21.3. The minimum absolute atomic E-state index is 0. The van der Waals surface area contributed by atoms with Crippen molar-refractivity contribution in [3.63, 3.8) is 0 Å². The van der Waals surface area contributed by atoms with Gasteiger partial charge in [0.25, 0.3) is 0 Å².